The number of anilines is 3. The Bertz CT molecular complexity index is 687. The van der Waals surface area contributed by atoms with Crippen molar-refractivity contribution in [1.82, 2.24) is 19.9 Å². The first-order valence-corrected chi connectivity index (χ1v) is 6.53. The average Bonchev–Trinajstić information content (AvgIpc) is 2.55. The topological polar surface area (TPSA) is 75.6 Å². The van der Waals surface area contributed by atoms with E-state index in [1.165, 1.54) is 18.2 Å². The number of hydrogen-bond donors (Lipinski definition) is 2. The van der Waals surface area contributed by atoms with Gasteiger partial charge in [0.25, 0.3) is 0 Å². The molecule has 0 amide bonds. The van der Waals surface area contributed by atoms with Crippen molar-refractivity contribution in [3.8, 4) is 0 Å². The molecule has 0 saturated heterocycles. The van der Waals surface area contributed by atoms with Crippen LogP contribution in [0.15, 0.2) is 61.3 Å². The monoisotopic (exact) mass is 278 g/mol. The highest BCUT2D eigenvalue weighted by molar-refractivity contribution is 5.55. The van der Waals surface area contributed by atoms with Crippen molar-refractivity contribution in [1.29, 1.82) is 0 Å². The molecule has 0 bridgehead atoms. The van der Waals surface area contributed by atoms with Crippen LogP contribution in [0, 0.1) is 0 Å². The van der Waals surface area contributed by atoms with Crippen molar-refractivity contribution in [3.63, 3.8) is 0 Å². The molecule has 21 heavy (non-hydrogen) atoms. The zero-order valence-corrected chi connectivity index (χ0v) is 11.3. The minimum atomic E-state index is 0.680. The maximum absolute atomic E-state index is 4.20. The molecule has 0 aliphatic heterocycles. The molecule has 3 aromatic rings. The molecule has 2 heterocycles. The van der Waals surface area contributed by atoms with E-state index < -0.39 is 0 Å². The van der Waals surface area contributed by atoms with E-state index >= 15 is 0 Å². The van der Waals surface area contributed by atoms with Gasteiger partial charge in [0.05, 0.1) is 0 Å². The Balaban J connectivity index is 1.66. The third-order valence-corrected chi connectivity index (χ3v) is 2.82. The fourth-order valence-corrected chi connectivity index (χ4v) is 1.81. The number of hydrogen-bond acceptors (Lipinski definition) is 6. The molecule has 0 aliphatic carbocycles. The summed E-state index contributed by atoms with van der Waals surface area (Å²) >= 11 is 0. The van der Waals surface area contributed by atoms with Crippen molar-refractivity contribution >= 4 is 17.5 Å². The van der Waals surface area contributed by atoms with Gasteiger partial charge in [-0.3, -0.25) is 0 Å². The Morgan fingerprint density at radius 1 is 0.810 bits per heavy atom. The van der Waals surface area contributed by atoms with Gasteiger partial charge in [-0.2, -0.15) is 0 Å². The van der Waals surface area contributed by atoms with Crippen LogP contribution >= 0.6 is 0 Å². The molecule has 6 nitrogen and oxygen atoms in total. The minimum Gasteiger partial charge on any atom is -0.366 e. The minimum absolute atomic E-state index is 0.680. The van der Waals surface area contributed by atoms with Gasteiger partial charge < -0.3 is 10.6 Å². The Labute approximate surface area is 122 Å². The summed E-state index contributed by atoms with van der Waals surface area (Å²) in [5.74, 6) is 2.13. The standard InChI is InChI=1S/C15H14N6/c1-2-4-12(5-3-1)9-17-14-8-15(20-11-19-14)21-13-6-7-16-10-18-13/h1-8,10-11H,9H2,(H2,16,17,18,19,20,21). The third kappa shape index (κ3) is 3.73. The first kappa shape index (κ1) is 13.0. The number of benzene rings is 1. The quantitative estimate of drug-likeness (QED) is 0.747. The Morgan fingerprint density at radius 3 is 2.43 bits per heavy atom. The van der Waals surface area contributed by atoms with Crippen LogP contribution < -0.4 is 10.6 Å². The van der Waals surface area contributed by atoms with E-state index in [-0.39, 0.29) is 0 Å². The van der Waals surface area contributed by atoms with Crippen LogP contribution in [0.4, 0.5) is 17.5 Å². The van der Waals surface area contributed by atoms with Crippen LogP contribution in [-0.2, 0) is 6.54 Å². The molecule has 104 valence electrons. The van der Waals surface area contributed by atoms with Gasteiger partial charge in [0.1, 0.15) is 30.1 Å². The molecule has 2 aromatic heterocycles. The molecule has 1 aromatic carbocycles. The second-order valence-corrected chi connectivity index (χ2v) is 4.35. The second kappa shape index (κ2) is 6.42. The number of nitrogens with zero attached hydrogens (tertiary/aromatic N) is 4. The van der Waals surface area contributed by atoms with Crippen LogP contribution in [0.3, 0.4) is 0 Å². The van der Waals surface area contributed by atoms with Gasteiger partial charge in [-0.15, -0.1) is 0 Å². The van der Waals surface area contributed by atoms with Gasteiger partial charge in [-0.25, -0.2) is 19.9 Å². The van der Waals surface area contributed by atoms with E-state index in [1.54, 1.807) is 12.3 Å². The van der Waals surface area contributed by atoms with Crippen molar-refractivity contribution in [2.75, 3.05) is 10.6 Å². The van der Waals surface area contributed by atoms with E-state index in [1.807, 2.05) is 24.3 Å². The molecule has 0 atom stereocenters. The first-order chi connectivity index (χ1) is 10.4. The summed E-state index contributed by atoms with van der Waals surface area (Å²) in [6.45, 7) is 0.713. The Hall–Kier alpha value is -3.02. The van der Waals surface area contributed by atoms with Crippen molar-refractivity contribution in [2.45, 2.75) is 6.54 Å². The number of nitrogens with one attached hydrogen (secondary N) is 2. The maximum Gasteiger partial charge on any atom is 0.137 e. The average molecular weight is 278 g/mol. The lowest BCUT2D eigenvalue weighted by molar-refractivity contribution is 1.08. The molecule has 6 heteroatoms. The molecule has 3 rings (SSSR count). The van der Waals surface area contributed by atoms with Gasteiger partial charge in [0.2, 0.25) is 0 Å². The lowest BCUT2D eigenvalue weighted by Gasteiger charge is -2.08. The largest absolute Gasteiger partial charge is 0.366 e. The molecule has 0 unspecified atom stereocenters. The maximum atomic E-state index is 4.20. The highest BCUT2D eigenvalue weighted by atomic mass is 15.1. The molecule has 2 N–H and O–H groups in total. The number of rotatable bonds is 5. The van der Waals surface area contributed by atoms with Gasteiger partial charge in [0.15, 0.2) is 0 Å². The summed E-state index contributed by atoms with van der Waals surface area (Å²) in [6, 6.07) is 13.8. The van der Waals surface area contributed by atoms with Gasteiger partial charge in [-0.05, 0) is 11.6 Å². The Morgan fingerprint density at radius 2 is 1.62 bits per heavy atom. The molecule has 0 fully saturated rings. The zero-order valence-electron chi connectivity index (χ0n) is 11.3. The fraction of sp³-hybridized carbons (Fsp3) is 0.0667. The van der Waals surface area contributed by atoms with E-state index in [4.69, 9.17) is 0 Å². The van der Waals surface area contributed by atoms with E-state index in [0.29, 0.717) is 18.2 Å². The molecule has 0 saturated carbocycles. The number of aromatic nitrogens is 4. The van der Waals surface area contributed by atoms with E-state index in [2.05, 4.69) is 42.7 Å². The normalized spacial score (nSPS) is 10.1. The SMILES string of the molecule is c1ccc(CNc2cc(Nc3ccncn3)ncn2)cc1. The van der Waals surface area contributed by atoms with Crippen molar-refractivity contribution in [2.24, 2.45) is 0 Å². The lowest BCUT2D eigenvalue weighted by atomic mass is 10.2. The van der Waals surface area contributed by atoms with E-state index in [0.717, 1.165) is 5.82 Å². The van der Waals surface area contributed by atoms with Crippen molar-refractivity contribution in [3.05, 3.63) is 66.9 Å². The van der Waals surface area contributed by atoms with E-state index in [9.17, 15) is 0 Å². The second-order valence-electron chi connectivity index (χ2n) is 4.35. The summed E-state index contributed by atoms with van der Waals surface area (Å²) in [7, 11) is 0. The predicted octanol–water partition coefficient (Wildman–Crippen LogP) is 2.62. The molecular weight excluding hydrogens is 264 g/mol. The van der Waals surface area contributed by atoms with Crippen LogP contribution in [0.25, 0.3) is 0 Å². The lowest BCUT2D eigenvalue weighted by Crippen LogP contribution is -2.03. The molecule has 0 aliphatic rings. The fourth-order valence-electron chi connectivity index (χ4n) is 1.81. The van der Waals surface area contributed by atoms with Gasteiger partial charge >= 0.3 is 0 Å². The summed E-state index contributed by atoms with van der Waals surface area (Å²) < 4.78 is 0. The summed E-state index contributed by atoms with van der Waals surface area (Å²) in [5.41, 5.74) is 1.20. The smallest absolute Gasteiger partial charge is 0.137 e. The highest BCUT2D eigenvalue weighted by Crippen LogP contribution is 2.14. The van der Waals surface area contributed by atoms with Crippen molar-refractivity contribution < 1.29 is 0 Å². The van der Waals surface area contributed by atoms with Crippen LogP contribution in [0.5, 0.6) is 0 Å². The zero-order chi connectivity index (χ0) is 14.3. The Kier molecular flexibility index (Phi) is 3.97. The highest BCUT2D eigenvalue weighted by Gasteiger charge is 2.00. The predicted molar refractivity (Wildman–Crippen MR) is 81.1 cm³/mol. The molecular formula is C15H14N6. The molecule has 0 radical (unpaired) electrons. The first-order valence-electron chi connectivity index (χ1n) is 6.53. The summed E-state index contributed by atoms with van der Waals surface area (Å²) in [4.78, 5) is 16.3. The van der Waals surface area contributed by atoms with Crippen LogP contribution in [0.1, 0.15) is 5.56 Å². The third-order valence-electron chi connectivity index (χ3n) is 2.82. The van der Waals surface area contributed by atoms with Gasteiger partial charge in [0, 0.05) is 18.8 Å². The molecule has 0 spiro atoms. The van der Waals surface area contributed by atoms with Crippen LogP contribution in [-0.4, -0.2) is 19.9 Å². The summed E-state index contributed by atoms with van der Waals surface area (Å²) in [6.07, 6.45) is 4.67. The summed E-state index contributed by atoms with van der Waals surface area (Å²) in [5, 5.41) is 6.36. The van der Waals surface area contributed by atoms with Crippen LogP contribution in [0.2, 0.25) is 0 Å². The van der Waals surface area contributed by atoms with Gasteiger partial charge in [-0.1, -0.05) is 30.3 Å².